The van der Waals surface area contributed by atoms with E-state index in [-0.39, 0.29) is 29.2 Å². The van der Waals surface area contributed by atoms with E-state index < -0.39 is 23.1 Å². The molecule has 11 heteroatoms. The molecular weight excluding hydrogens is 574 g/mol. The van der Waals surface area contributed by atoms with Gasteiger partial charge >= 0.3 is 6.18 Å². The Morgan fingerprint density at radius 1 is 0.932 bits per heavy atom. The van der Waals surface area contributed by atoms with Crippen molar-refractivity contribution in [3.8, 4) is 11.4 Å². The number of para-hydroxylation sites is 2. The number of benzene rings is 4. The van der Waals surface area contributed by atoms with Gasteiger partial charge in [-0.05, 0) is 61.5 Å². The molecule has 7 nitrogen and oxygen atoms in total. The summed E-state index contributed by atoms with van der Waals surface area (Å²) in [6.07, 6.45) is -3.15. The van der Waals surface area contributed by atoms with E-state index in [0.29, 0.717) is 22.5 Å². The van der Waals surface area contributed by atoms with Crippen LogP contribution in [-0.2, 0) is 17.5 Å². The fourth-order valence-electron chi connectivity index (χ4n) is 5.07. The second-order valence-corrected chi connectivity index (χ2v) is 10.1. The first-order valence-corrected chi connectivity index (χ1v) is 13.5. The first-order valence-electron chi connectivity index (χ1n) is 13.5. The van der Waals surface area contributed by atoms with Crippen LogP contribution in [0.15, 0.2) is 107 Å². The largest absolute Gasteiger partial charge is 0.416 e. The lowest BCUT2D eigenvalue weighted by molar-refractivity contribution is -0.137. The van der Waals surface area contributed by atoms with Crippen molar-refractivity contribution in [3.05, 3.63) is 130 Å². The summed E-state index contributed by atoms with van der Waals surface area (Å²) in [6.45, 7) is 1.73. The monoisotopic (exact) mass is 597 g/mol. The number of nitrogens with one attached hydrogen (secondary N) is 1. The maximum Gasteiger partial charge on any atom is 0.416 e. The number of anilines is 1. The molecule has 1 N–H and O–H groups in total. The fraction of sp³-hybridized carbons (Fsp3) is 0.0909. The first kappa shape index (κ1) is 28.5. The number of hydrogen-bond donors (Lipinski definition) is 1. The van der Waals surface area contributed by atoms with E-state index in [0.717, 1.165) is 27.7 Å². The third-order valence-corrected chi connectivity index (χ3v) is 7.21. The van der Waals surface area contributed by atoms with Gasteiger partial charge < -0.3 is 9.88 Å². The Labute approximate surface area is 247 Å². The van der Waals surface area contributed by atoms with Crippen molar-refractivity contribution in [1.82, 2.24) is 14.2 Å². The Morgan fingerprint density at radius 3 is 2.39 bits per heavy atom. The summed E-state index contributed by atoms with van der Waals surface area (Å²) in [4.78, 5) is 31.1. The van der Waals surface area contributed by atoms with E-state index in [1.165, 1.54) is 42.6 Å². The van der Waals surface area contributed by atoms with Crippen molar-refractivity contribution in [2.75, 3.05) is 5.32 Å². The second kappa shape index (κ2) is 11.3. The van der Waals surface area contributed by atoms with E-state index >= 15 is 0 Å². The van der Waals surface area contributed by atoms with E-state index in [1.807, 2.05) is 24.3 Å². The minimum absolute atomic E-state index is 0.0592. The predicted molar refractivity (Wildman–Crippen MR) is 161 cm³/mol. The smallest absolute Gasteiger partial charge is 0.335 e. The predicted octanol–water partition coefficient (Wildman–Crippen LogP) is 7.01. The van der Waals surface area contributed by atoms with Gasteiger partial charge in [0.25, 0.3) is 5.56 Å². The molecule has 0 saturated heterocycles. The lowest BCUT2D eigenvalue weighted by Crippen LogP contribution is -2.21. The zero-order valence-corrected chi connectivity index (χ0v) is 23.1. The molecule has 0 spiro atoms. The first-order chi connectivity index (χ1) is 21.1. The molecule has 0 atom stereocenters. The molecule has 0 bridgehead atoms. The molecule has 0 radical (unpaired) electrons. The van der Waals surface area contributed by atoms with Crippen LogP contribution in [0.1, 0.15) is 16.8 Å². The highest BCUT2D eigenvalue weighted by Gasteiger charge is 2.31. The Kier molecular flexibility index (Phi) is 7.30. The quantitative estimate of drug-likeness (QED) is 0.166. The molecule has 0 aliphatic carbocycles. The molecule has 0 aliphatic rings. The van der Waals surface area contributed by atoms with Crippen LogP contribution in [0.3, 0.4) is 0 Å². The highest BCUT2D eigenvalue weighted by molar-refractivity contribution is 6.02. The molecular formula is C33H23F4N5O2. The van der Waals surface area contributed by atoms with Gasteiger partial charge in [-0.25, -0.2) is 9.37 Å². The zero-order valence-electron chi connectivity index (χ0n) is 23.1. The Morgan fingerprint density at radius 2 is 1.64 bits per heavy atom. The Balaban J connectivity index is 1.44. The normalized spacial score (nSPS) is 11.9. The maximum absolute atomic E-state index is 13.6. The molecule has 4 aromatic carbocycles. The lowest BCUT2D eigenvalue weighted by Gasteiger charge is -2.12. The average Bonchev–Trinajstić information content (AvgIpc) is 3.27. The molecule has 6 rings (SSSR count). The SMILES string of the molecule is Cc1c(C=Nn2c(-c3cccc(C(F)(F)F)c3)nc3ccccc3c2=O)c2ccccc2n1CC(=O)Nc1ccc(F)cc1. The third kappa shape index (κ3) is 5.47. The number of aromatic nitrogens is 3. The summed E-state index contributed by atoms with van der Waals surface area (Å²) in [6, 6.07) is 23.8. The molecule has 44 heavy (non-hydrogen) atoms. The van der Waals surface area contributed by atoms with Crippen LogP contribution < -0.4 is 10.9 Å². The van der Waals surface area contributed by atoms with Crippen LogP contribution in [0.5, 0.6) is 0 Å². The van der Waals surface area contributed by atoms with Crippen molar-refractivity contribution >= 4 is 39.6 Å². The van der Waals surface area contributed by atoms with Crippen LogP contribution in [0.4, 0.5) is 23.2 Å². The summed E-state index contributed by atoms with van der Waals surface area (Å²) in [5.41, 5.74) is 1.37. The summed E-state index contributed by atoms with van der Waals surface area (Å²) in [5, 5.41) is 8.20. The zero-order chi connectivity index (χ0) is 31.0. The van der Waals surface area contributed by atoms with Gasteiger partial charge in [-0.3, -0.25) is 9.59 Å². The van der Waals surface area contributed by atoms with Crippen molar-refractivity contribution in [2.45, 2.75) is 19.6 Å². The maximum atomic E-state index is 13.6. The Bertz CT molecular complexity index is 2130. The molecule has 6 aromatic rings. The highest BCUT2D eigenvalue weighted by Crippen LogP contribution is 2.32. The minimum Gasteiger partial charge on any atom is -0.335 e. The van der Waals surface area contributed by atoms with Gasteiger partial charge in [0, 0.05) is 33.4 Å². The highest BCUT2D eigenvalue weighted by atomic mass is 19.4. The molecule has 0 fully saturated rings. The van der Waals surface area contributed by atoms with Gasteiger partial charge in [0.2, 0.25) is 5.91 Å². The lowest BCUT2D eigenvalue weighted by atomic mass is 10.1. The molecule has 0 unspecified atom stereocenters. The Hall–Kier alpha value is -5.58. The number of rotatable bonds is 6. The molecule has 0 aliphatic heterocycles. The number of amides is 1. The van der Waals surface area contributed by atoms with Crippen LogP contribution in [0.2, 0.25) is 0 Å². The van der Waals surface area contributed by atoms with Gasteiger partial charge in [-0.1, -0.05) is 42.5 Å². The summed E-state index contributed by atoms with van der Waals surface area (Å²) in [5.74, 6) is -0.821. The number of fused-ring (bicyclic) bond motifs is 2. The van der Waals surface area contributed by atoms with Gasteiger partial charge in [0.05, 0.1) is 22.7 Å². The van der Waals surface area contributed by atoms with Gasteiger partial charge in [0.15, 0.2) is 5.82 Å². The van der Waals surface area contributed by atoms with E-state index in [9.17, 15) is 27.2 Å². The van der Waals surface area contributed by atoms with Gasteiger partial charge in [-0.2, -0.15) is 22.9 Å². The number of hydrogen-bond acceptors (Lipinski definition) is 4. The summed E-state index contributed by atoms with van der Waals surface area (Å²) >= 11 is 0. The third-order valence-electron chi connectivity index (χ3n) is 7.21. The summed E-state index contributed by atoms with van der Waals surface area (Å²) in [7, 11) is 0. The van der Waals surface area contributed by atoms with Crippen molar-refractivity contribution in [1.29, 1.82) is 0 Å². The number of carbonyl (C=O) groups is 1. The fourth-order valence-corrected chi connectivity index (χ4v) is 5.07. The summed E-state index contributed by atoms with van der Waals surface area (Å²) < 4.78 is 56.7. The number of carbonyl (C=O) groups excluding carboxylic acids is 1. The van der Waals surface area contributed by atoms with Crippen molar-refractivity contribution in [3.63, 3.8) is 0 Å². The molecule has 220 valence electrons. The van der Waals surface area contributed by atoms with Gasteiger partial charge in [-0.15, -0.1) is 0 Å². The van der Waals surface area contributed by atoms with Gasteiger partial charge in [0.1, 0.15) is 12.4 Å². The second-order valence-electron chi connectivity index (χ2n) is 10.1. The molecule has 2 heterocycles. The average molecular weight is 598 g/mol. The minimum atomic E-state index is -4.59. The van der Waals surface area contributed by atoms with Crippen molar-refractivity contribution in [2.24, 2.45) is 5.10 Å². The van der Waals surface area contributed by atoms with Crippen LogP contribution in [0.25, 0.3) is 33.2 Å². The van der Waals surface area contributed by atoms with Crippen LogP contribution >= 0.6 is 0 Å². The van der Waals surface area contributed by atoms with Crippen molar-refractivity contribution < 1.29 is 22.4 Å². The molecule has 2 aromatic heterocycles. The standard InChI is InChI=1S/C33H23F4N5O2/c1-20-27(25-9-3-5-12-29(25)41(20)19-30(43)39-24-15-13-23(34)14-16-24)18-38-42-31(21-7-6-8-22(17-21)33(35,36)37)40-28-11-4-2-10-26(28)32(42)44/h2-18H,19H2,1H3,(H,39,43). The van der Waals surface area contributed by atoms with Crippen LogP contribution in [-0.4, -0.2) is 26.3 Å². The van der Waals surface area contributed by atoms with E-state index in [2.05, 4.69) is 15.4 Å². The molecule has 0 saturated carbocycles. The molecule has 1 amide bonds. The topological polar surface area (TPSA) is 81.3 Å². The van der Waals surface area contributed by atoms with Crippen LogP contribution in [0, 0.1) is 12.7 Å². The van der Waals surface area contributed by atoms with E-state index in [4.69, 9.17) is 0 Å². The number of halogens is 4. The van der Waals surface area contributed by atoms with E-state index in [1.54, 1.807) is 35.8 Å². The number of alkyl halides is 3. The number of nitrogens with zero attached hydrogens (tertiary/aromatic N) is 4.